The van der Waals surface area contributed by atoms with E-state index < -0.39 is 0 Å². The van der Waals surface area contributed by atoms with E-state index in [-0.39, 0.29) is 18.0 Å². The number of benzene rings is 5. The Morgan fingerprint density at radius 3 is 1.98 bits per heavy atom. The van der Waals surface area contributed by atoms with Crippen LogP contribution in [0.5, 0.6) is 51.7 Å². The first kappa shape index (κ1) is 38.0. The molecule has 5 aromatic carbocycles. The highest BCUT2D eigenvalue weighted by Crippen LogP contribution is 2.52. The smallest absolute Gasteiger partial charge is 0.255 e. The van der Waals surface area contributed by atoms with Crippen molar-refractivity contribution in [2.24, 2.45) is 0 Å². The van der Waals surface area contributed by atoms with Gasteiger partial charge in [0.25, 0.3) is 5.91 Å². The lowest BCUT2D eigenvalue weighted by Crippen LogP contribution is -2.34. The lowest BCUT2D eigenvalue weighted by atomic mass is 9.86. The third-order valence-corrected chi connectivity index (χ3v) is 11.6. The van der Waals surface area contributed by atoms with Crippen LogP contribution in [-0.4, -0.2) is 78.4 Å². The molecule has 0 saturated carbocycles. The first-order valence-corrected chi connectivity index (χ1v) is 19.2. The fourth-order valence-electron chi connectivity index (χ4n) is 8.40. The van der Waals surface area contributed by atoms with Gasteiger partial charge in [0.1, 0.15) is 11.5 Å². The van der Waals surface area contributed by atoms with Crippen molar-refractivity contribution in [1.82, 2.24) is 9.80 Å². The molecule has 0 radical (unpaired) electrons. The van der Waals surface area contributed by atoms with Crippen molar-refractivity contribution in [2.75, 3.05) is 68.1 Å². The largest absolute Gasteiger partial charge is 0.497 e. The predicted molar refractivity (Wildman–Crippen MR) is 219 cm³/mol. The van der Waals surface area contributed by atoms with Crippen molar-refractivity contribution in [3.05, 3.63) is 118 Å². The van der Waals surface area contributed by atoms with Crippen LogP contribution < -0.4 is 38.5 Å². The van der Waals surface area contributed by atoms with E-state index in [2.05, 4.69) is 59.5 Å². The number of likely N-dealkylation sites (N-methyl/N-ethyl adjacent to an activating group) is 2. The zero-order chi connectivity index (χ0) is 39.8. The fourth-order valence-corrected chi connectivity index (χ4v) is 8.40. The van der Waals surface area contributed by atoms with Crippen LogP contribution in [0, 0.1) is 0 Å². The van der Waals surface area contributed by atoms with E-state index in [9.17, 15) is 4.79 Å². The molecule has 57 heavy (non-hydrogen) atoms. The Bertz CT molecular complexity index is 2290. The molecule has 4 aliphatic rings. The summed E-state index contributed by atoms with van der Waals surface area (Å²) in [6.07, 6.45) is 2.92. The van der Waals surface area contributed by atoms with Crippen molar-refractivity contribution >= 4 is 11.6 Å². The van der Waals surface area contributed by atoms with Crippen molar-refractivity contribution in [3.63, 3.8) is 0 Å². The average Bonchev–Trinajstić information content (AvgIpc) is 3.23. The Labute approximate surface area is 334 Å². The molecule has 1 N–H and O–H groups in total. The molecule has 296 valence electrons. The molecule has 4 heterocycles. The molecule has 0 aromatic heterocycles. The molecule has 11 heteroatoms. The Morgan fingerprint density at radius 1 is 0.649 bits per heavy atom. The van der Waals surface area contributed by atoms with E-state index in [4.69, 9.17) is 33.2 Å². The number of carbonyl (C=O) groups is 1. The number of fused-ring (bicyclic) bond motifs is 2. The molecule has 0 saturated heterocycles. The van der Waals surface area contributed by atoms with Gasteiger partial charge in [-0.1, -0.05) is 12.1 Å². The van der Waals surface area contributed by atoms with E-state index in [1.807, 2.05) is 24.3 Å². The molecule has 4 aliphatic heterocycles. The standard InChI is InChI=1S/C46H49N3O8/c1-48-18-16-29-22-38(52-4)41-25-34(29)36(48)20-27-8-12-33(13-9-27)56-40-24-31(35(26-39(40)53-5)47-46(50)28-10-14-32(51-3)15-11-28)21-37-43-30(17-19-49(37)2)23-42(54-6)44(55-7)45(43)57-41/h8-15,22-26,36-37H,16-21H2,1-7H3,(H,47,50)/t36-,37-/m0/s1. The van der Waals surface area contributed by atoms with E-state index in [1.165, 1.54) is 16.7 Å². The second kappa shape index (κ2) is 15.9. The van der Waals surface area contributed by atoms with Gasteiger partial charge in [-0.3, -0.25) is 14.6 Å². The van der Waals surface area contributed by atoms with Gasteiger partial charge >= 0.3 is 0 Å². The van der Waals surface area contributed by atoms with Gasteiger partial charge in [0.2, 0.25) is 5.75 Å². The third-order valence-electron chi connectivity index (χ3n) is 11.6. The summed E-state index contributed by atoms with van der Waals surface area (Å²) in [6, 6.07) is 25.3. The number of methoxy groups -OCH3 is 5. The number of carbonyl (C=O) groups excluding carboxylic acids is 1. The summed E-state index contributed by atoms with van der Waals surface area (Å²) in [5.41, 5.74) is 7.59. The highest BCUT2D eigenvalue weighted by Gasteiger charge is 2.35. The summed E-state index contributed by atoms with van der Waals surface area (Å²) in [5.74, 6) is 4.97. The Balaban J connectivity index is 1.33. The van der Waals surface area contributed by atoms with Gasteiger partial charge < -0.3 is 38.5 Å². The van der Waals surface area contributed by atoms with Gasteiger partial charge in [-0.2, -0.15) is 0 Å². The zero-order valence-electron chi connectivity index (χ0n) is 33.6. The van der Waals surface area contributed by atoms with E-state index in [0.717, 1.165) is 49.0 Å². The van der Waals surface area contributed by atoms with Crippen LogP contribution in [0.2, 0.25) is 0 Å². The monoisotopic (exact) mass is 771 g/mol. The van der Waals surface area contributed by atoms with Crippen LogP contribution in [0.25, 0.3) is 0 Å². The van der Waals surface area contributed by atoms with Crippen LogP contribution in [-0.2, 0) is 25.7 Å². The van der Waals surface area contributed by atoms with Crippen LogP contribution in [0.4, 0.5) is 5.69 Å². The van der Waals surface area contributed by atoms with E-state index in [0.29, 0.717) is 69.4 Å². The number of anilines is 1. The maximum Gasteiger partial charge on any atom is 0.255 e. The lowest BCUT2D eigenvalue weighted by Gasteiger charge is -2.37. The molecule has 0 unspecified atom stereocenters. The van der Waals surface area contributed by atoms with E-state index >= 15 is 0 Å². The molecular formula is C46H49N3O8. The quantitative estimate of drug-likeness (QED) is 0.174. The Morgan fingerprint density at radius 2 is 1.30 bits per heavy atom. The summed E-state index contributed by atoms with van der Waals surface area (Å²) in [6.45, 7) is 1.70. The summed E-state index contributed by atoms with van der Waals surface area (Å²) < 4.78 is 43.0. The number of hydrogen-bond acceptors (Lipinski definition) is 10. The second-order valence-electron chi connectivity index (χ2n) is 14.8. The molecule has 0 fully saturated rings. The first-order chi connectivity index (χ1) is 27.7. The van der Waals surface area contributed by atoms with Crippen LogP contribution in [0.3, 0.4) is 0 Å². The molecule has 6 bridgehead atoms. The van der Waals surface area contributed by atoms with Gasteiger partial charge in [0.15, 0.2) is 34.5 Å². The van der Waals surface area contributed by atoms with Crippen LogP contribution in [0.1, 0.15) is 55.8 Å². The van der Waals surface area contributed by atoms with Crippen molar-refractivity contribution in [2.45, 2.75) is 37.8 Å². The number of hydrogen-bond donors (Lipinski definition) is 1. The minimum Gasteiger partial charge on any atom is -0.497 e. The molecule has 0 spiro atoms. The summed E-state index contributed by atoms with van der Waals surface area (Å²) in [7, 11) is 12.5. The first-order valence-electron chi connectivity index (χ1n) is 19.2. The van der Waals surface area contributed by atoms with Crippen LogP contribution in [0.15, 0.2) is 78.9 Å². The average molecular weight is 772 g/mol. The summed E-state index contributed by atoms with van der Waals surface area (Å²) in [4.78, 5) is 18.5. The molecule has 5 aromatic rings. The normalized spacial score (nSPS) is 17.5. The maximum atomic E-state index is 13.8. The summed E-state index contributed by atoms with van der Waals surface area (Å²) in [5, 5.41) is 3.18. The summed E-state index contributed by atoms with van der Waals surface area (Å²) >= 11 is 0. The topological polar surface area (TPSA) is 100 Å². The highest BCUT2D eigenvalue weighted by atomic mass is 16.5. The van der Waals surface area contributed by atoms with Gasteiger partial charge in [-0.15, -0.1) is 0 Å². The Hall–Kier alpha value is -5.91. The second-order valence-corrected chi connectivity index (χ2v) is 14.8. The number of nitrogens with one attached hydrogen (secondary N) is 1. The Kier molecular flexibility index (Phi) is 10.6. The van der Waals surface area contributed by atoms with Gasteiger partial charge in [-0.25, -0.2) is 0 Å². The minimum absolute atomic E-state index is 0.107. The lowest BCUT2D eigenvalue weighted by molar-refractivity contribution is 0.102. The zero-order valence-corrected chi connectivity index (χ0v) is 33.6. The van der Waals surface area contributed by atoms with Crippen LogP contribution >= 0.6 is 0 Å². The number of amides is 1. The maximum absolute atomic E-state index is 13.8. The third kappa shape index (κ3) is 7.29. The molecule has 9 rings (SSSR count). The molecule has 0 aliphatic carbocycles. The van der Waals surface area contributed by atoms with Crippen molar-refractivity contribution in [1.29, 1.82) is 0 Å². The highest BCUT2D eigenvalue weighted by molar-refractivity contribution is 6.05. The fraction of sp³-hybridized carbons (Fsp3) is 0.326. The van der Waals surface area contributed by atoms with Gasteiger partial charge in [0.05, 0.1) is 35.5 Å². The molecule has 2 atom stereocenters. The number of ether oxygens (including phenoxy) is 7. The SMILES string of the molecule is COc1ccc(C(=O)Nc2cc(OC)c3cc2C[C@H]2c4c(cc(OC)c(OC)c4Oc4cc5c(cc4OC)CCN(C)[C@H]5Cc4ccc(cc4)O3)CCN2C)cc1. The van der Waals surface area contributed by atoms with Crippen molar-refractivity contribution < 1.29 is 38.0 Å². The van der Waals surface area contributed by atoms with Crippen molar-refractivity contribution in [3.8, 4) is 51.7 Å². The molecule has 1 amide bonds. The van der Waals surface area contributed by atoms with Gasteiger partial charge in [0, 0.05) is 48.1 Å². The number of nitrogens with zero attached hydrogens (tertiary/aromatic N) is 2. The molecule has 11 nitrogen and oxygen atoms in total. The number of rotatable bonds is 7. The predicted octanol–water partition coefficient (Wildman–Crippen LogP) is 8.42. The minimum atomic E-state index is -0.268. The molecular weight excluding hydrogens is 723 g/mol. The van der Waals surface area contributed by atoms with Gasteiger partial charge in [-0.05, 0) is 128 Å². The van der Waals surface area contributed by atoms with E-state index in [1.54, 1.807) is 59.8 Å².